The van der Waals surface area contributed by atoms with Crippen molar-refractivity contribution >= 4 is 11.9 Å². The highest BCUT2D eigenvalue weighted by Gasteiger charge is 2.52. The van der Waals surface area contributed by atoms with Crippen LogP contribution in [0.2, 0.25) is 0 Å². The first-order chi connectivity index (χ1) is 13.5. The van der Waals surface area contributed by atoms with Crippen LogP contribution in [0.1, 0.15) is 31.6 Å². The SMILES string of the molecule is CN1CCC[C@]2(C(=O)O)CCN(C(=O)CCc3nc(-c4ccco4)no3)C[C@@H]12. The molecule has 2 aromatic heterocycles. The van der Waals surface area contributed by atoms with E-state index in [4.69, 9.17) is 8.94 Å². The number of hydrogen-bond acceptors (Lipinski definition) is 7. The van der Waals surface area contributed by atoms with Gasteiger partial charge in [0, 0.05) is 32.0 Å². The lowest BCUT2D eigenvalue weighted by molar-refractivity contribution is -0.165. The fraction of sp³-hybridized carbons (Fsp3) is 0.579. The lowest BCUT2D eigenvalue weighted by Gasteiger charge is -2.51. The molecule has 2 atom stereocenters. The van der Waals surface area contributed by atoms with Crippen LogP contribution in [0.15, 0.2) is 27.3 Å². The molecule has 28 heavy (non-hydrogen) atoms. The minimum absolute atomic E-state index is 0.0179. The van der Waals surface area contributed by atoms with Crippen molar-refractivity contribution in [1.29, 1.82) is 0 Å². The molecular formula is C19H24N4O5. The van der Waals surface area contributed by atoms with Crippen LogP contribution in [0.4, 0.5) is 0 Å². The second-order valence-corrected chi connectivity index (χ2v) is 7.64. The molecule has 4 rings (SSSR count). The van der Waals surface area contributed by atoms with Crippen molar-refractivity contribution < 1.29 is 23.6 Å². The number of rotatable bonds is 5. The highest BCUT2D eigenvalue weighted by atomic mass is 16.5. The average Bonchev–Trinajstić information content (AvgIpc) is 3.37. The number of furan rings is 1. The Labute approximate surface area is 162 Å². The number of fused-ring (bicyclic) bond motifs is 1. The Morgan fingerprint density at radius 2 is 2.21 bits per heavy atom. The van der Waals surface area contributed by atoms with Crippen LogP contribution >= 0.6 is 0 Å². The fourth-order valence-electron chi connectivity index (χ4n) is 4.45. The van der Waals surface area contributed by atoms with Crippen molar-refractivity contribution in [2.75, 3.05) is 26.7 Å². The predicted molar refractivity (Wildman–Crippen MR) is 97.2 cm³/mol. The summed E-state index contributed by atoms with van der Waals surface area (Å²) in [5.74, 6) is 0.498. The number of aromatic nitrogens is 2. The summed E-state index contributed by atoms with van der Waals surface area (Å²) in [4.78, 5) is 32.8. The maximum atomic E-state index is 12.7. The molecule has 0 aromatic carbocycles. The molecule has 0 radical (unpaired) electrons. The standard InChI is InChI=1S/C19H24N4O5/c1-22-9-3-7-19(18(25)26)8-10-23(12-14(19)22)16(24)6-5-15-20-17(21-28-15)13-4-2-11-27-13/h2,4,11,14H,3,5-10,12H2,1H3,(H,25,26)/t14-,19+/m1/s1. The molecule has 1 N–H and O–H groups in total. The molecule has 150 valence electrons. The summed E-state index contributed by atoms with van der Waals surface area (Å²) < 4.78 is 10.4. The van der Waals surface area contributed by atoms with Gasteiger partial charge in [0.25, 0.3) is 0 Å². The highest BCUT2D eigenvalue weighted by Crippen LogP contribution is 2.42. The van der Waals surface area contributed by atoms with E-state index in [0.717, 1.165) is 13.0 Å². The summed E-state index contributed by atoms with van der Waals surface area (Å²) in [5.41, 5.74) is -0.742. The van der Waals surface area contributed by atoms with E-state index in [2.05, 4.69) is 15.0 Å². The van der Waals surface area contributed by atoms with Crippen molar-refractivity contribution in [1.82, 2.24) is 19.9 Å². The van der Waals surface area contributed by atoms with Crippen molar-refractivity contribution in [3.8, 4) is 11.6 Å². The number of carboxylic acids is 1. The van der Waals surface area contributed by atoms with Crippen molar-refractivity contribution in [2.45, 2.75) is 38.1 Å². The topological polar surface area (TPSA) is 113 Å². The zero-order chi connectivity index (χ0) is 19.7. The number of aliphatic carboxylic acids is 1. The summed E-state index contributed by atoms with van der Waals surface area (Å²) in [7, 11) is 1.95. The van der Waals surface area contributed by atoms with E-state index in [1.54, 1.807) is 17.0 Å². The van der Waals surface area contributed by atoms with Gasteiger partial charge in [-0.2, -0.15) is 4.98 Å². The van der Waals surface area contributed by atoms with Gasteiger partial charge in [0.05, 0.1) is 11.7 Å². The van der Waals surface area contributed by atoms with Gasteiger partial charge in [-0.1, -0.05) is 5.16 Å². The molecule has 2 saturated heterocycles. The normalized spacial score (nSPS) is 25.5. The Hall–Kier alpha value is -2.68. The third kappa shape index (κ3) is 3.30. The monoisotopic (exact) mass is 388 g/mol. The summed E-state index contributed by atoms with van der Waals surface area (Å²) >= 11 is 0. The first-order valence-electron chi connectivity index (χ1n) is 9.57. The van der Waals surface area contributed by atoms with Gasteiger partial charge in [0.15, 0.2) is 5.76 Å². The maximum absolute atomic E-state index is 12.7. The van der Waals surface area contributed by atoms with Gasteiger partial charge in [-0.3, -0.25) is 9.59 Å². The Balaban J connectivity index is 1.37. The maximum Gasteiger partial charge on any atom is 0.311 e. The Bertz CT molecular complexity index is 848. The van der Waals surface area contributed by atoms with Gasteiger partial charge in [-0.15, -0.1) is 0 Å². The van der Waals surface area contributed by atoms with Gasteiger partial charge in [0.1, 0.15) is 0 Å². The molecule has 0 unspecified atom stereocenters. The van der Waals surface area contributed by atoms with Gasteiger partial charge in [0.2, 0.25) is 17.6 Å². The largest absolute Gasteiger partial charge is 0.481 e. The molecule has 0 aliphatic carbocycles. The quantitative estimate of drug-likeness (QED) is 0.823. The van der Waals surface area contributed by atoms with Crippen molar-refractivity contribution in [3.05, 3.63) is 24.3 Å². The second kappa shape index (κ2) is 7.38. The number of likely N-dealkylation sites (N-methyl/N-ethyl adjacent to an activating group) is 1. The summed E-state index contributed by atoms with van der Waals surface area (Å²) in [5, 5.41) is 13.7. The first kappa shape index (κ1) is 18.7. The fourth-order valence-corrected chi connectivity index (χ4v) is 4.45. The number of likely N-dealkylation sites (tertiary alicyclic amines) is 2. The van der Waals surface area contributed by atoms with Crippen LogP contribution in [-0.4, -0.2) is 69.6 Å². The van der Waals surface area contributed by atoms with E-state index >= 15 is 0 Å². The lowest BCUT2D eigenvalue weighted by atomic mass is 9.68. The summed E-state index contributed by atoms with van der Waals surface area (Å²) in [6, 6.07) is 3.33. The average molecular weight is 388 g/mol. The van der Waals surface area contributed by atoms with Crippen LogP contribution in [0.5, 0.6) is 0 Å². The van der Waals surface area contributed by atoms with Crippen LogP contribution in [0.25, 0.3) is 11.6 Å². The minimum Gasteiger partial charge on any atom is -0.481 e. The highest BCUT2D eigenvalue weighted by molar-refractivity contribution is 5.79. The third-order valence-electron chi connectivity index (χ3n) is 6.07. The molecule has 2 aliphatic rings. The molecule has 0 spiro atoms. The van der Waals surface area contributed by atoms with E-state index in [9.17, 15) is 14.7 Å². The molecule has 9 heteroatoms. The zero-order valence-corrected chi connectivity index (χ0v) is 15.8. The van der Waals surface area contributed by atoms with Crippen LogP contribution in [0.3, 0.4) is 0 Å². The Morgan fingerprint density at radius 3 is 2.96 bits per heavy atom. The Morgan fingerprint density at radius 1 is 1.36 bits per heavy atom. The molecule has 0 bridgehead atoms. The number of piperidine rings is 2. The van der Waals surface area contributed by atoms with Gasteiger partial charge in [-0.05, 0) is 45.0 Å². The lowest BCUT2D eigenvalue weighted by Crippen LogP contribution is -2.63. The molecule has 2 aromatic rings. The molecule has 1 amide bonds. The van der Waals surface area contributed by atoms with E-state index in [0.29, 0.717) is 49.8 Å². The van der Waals surface area contributed by atoms with Crippen molar-refractivity contribution in [2.24, 2.45) is 5.41 Å². The molecule has 2 aliphatic heterocycles. The van der Waals surface area contributed by atoms with Gasteiger partial charge in [-0.25, -0.2) is 0 Å². The number of carbonyl (C=O) groups excluding carboxylic acids is 1. The molecule has 4 heterocycles. The molecule has 2 fully saturated rings. The number of amides is 1. The zero-order valence-electron chi connectivity index (χ0n) is 15.8. The summed E-state index contributed by atoms with van der Waals surface area (Å²) in [6.07, 6.45) is 4.17. The Kier molecular flexibility index (Phi) is 4.92. The van der Waals surface area contributed by atoms with E-state index in [1.807, 2.05) is 7.05 Å². The minimum atomic E-state index is -0.743. The van der Waals surface area contributed by atoms with Gasteiger partial charge >= 0.3 is 5.97 Å². The van der Waals surface area contributed by atoms with Crippen LogP contribution < -0.4 is 0 Å². The van der Waals surface area contributed by atoms with Crippen LogP contribution in [-0.2, 0) is 16.0 Å². The number of aryl methyl sites for hydroxylation is 1. The van der Waals surface area contributed by atoms with E-state index in [1.165, 1.54) is 6.26 Å². The second-order valence-electron chi connectivity index (χ2n) is 7.64. The summed E-state index contributed by atoms with van der Waals surface area (Å²) in [6.45, 7) is 1.78. The predicted octanol–water partition coefficient (Wildman–Crippen LogP) is 1.66. The number of carbonyl (C=O) groups is 2. The third-order valence-corrected chi connectivity index (χ3v) is 6.07. The van der Waals surface area contributed by atoms with E-state index < -0.39 is 11.4 Å². The number of carboxylic acid groups (broad SMARTS) is 1. The first-order valence-corrected chi connectivity index (χ1v) is 9.57. The van der Waals surface area contributed by atoms with Gasteiger partial charge < -0.3 is 23.8 Å². The molecule has 0 saturated carbocycles. The number of nitrogens with zero attached hydrogens (tertiary/aromatic N) is 4. The molecular weight excluding hydrogens is 364 g/mol. The molecule has 9 nitrogen and oxygen atoms in total. The van der Waals surface area contributed by atoms with Crippen molar-refractivity contribution in [3.63, 3.8) is 0 Å². The van der Waals surface area contributed by atoms with E-state index in [-0.39, 0.29) is 18.4 Å². The smallest absolute Gasteiger partial charge is 0.311 e. The number of hydrogen-bond donors (Lipinski definition) is 1. The van der Waals surface area contributed by atoms with Crippen LogP contribution in [0, 0.1) is 5.41 Å².